The number of carbonyl (C=O) groups excluding carboxylic acids is 4. The van der Waals surface area contributed by atoms with Gasteiger partial charge in [0, 0.05) is 105 Å². The molecule has 0 aliphatic carbocycles. The van der Waals surface area contributed by atoms with Crippen LogP contribution in [0.3, 0.4) is 0 Å². The molecular formula is C67H72Cl3F3N10O9. The van der Waals surface area contributed by atoms with Crippen molar-refractivity contribution in [1.82, 2.24) is 30.4 Å². The number of fused-ring (bicyclic) bond motifs is 2. The number of hydrogen-bond acceptors (Lipinski definition) is 15. The Labute approximate surface area is 546 Å². The highest BCUT2D eigenvalue weighted by Crippen LogP contribution is 2.53. The van der Waals surface area contributed by atoms with E-state index in [2.05, 4.69) is 32.3 Å². The molecule has 0 spiro atoms. The van der Waals surface area contributed by atoms with Gasteiger partial charge in [0.15, 0.2) is 5.82 Å². The second-order valence-electron chi connectivity index (χ2n) is 23.7. The van der Waals surface area contributed by atoms with E-state index in [1.807, 2.05) is 49.9 Å². The summed E-state index contributed by atoms with van der Waals surface area (Å²) in [4.78, 5) is 67.8. The topological polar surface area (TPSA) is 233 Å². The van der Waals surface area contributed by atoms with Crippen LogP contribution in [0.25, 0.3) is 32.8 Å². The Balaban J connectivity index is 0.708. The molecule has 0 saturated carbocycles. The van der Waals surface area contributed by atoms with Crippen LogP contribution in [-0.4, -0.2) is 160 Å². The minimum atomic E-state index is -1.84. The highest BCUT2D eigenvalue weighted by Gasteiger charge is 2.61. The summed E-state index contributed by atoms with van der Waals surface area (Å²) in [6.45, 7) is 11.1. The van der Waals surface area contributed by atoms with Crippen LogP contribution < -0.4 is 30.9 Å². The molecule has 3 heterocycles. The summed E-state index contributed by atoms with van der Waals surface area (Å²) in [5, 5.41) is 35.6. The zero-order valence-corrected chi connectivity index (χ0v) is 54.0. The van der Waals surface area contributed by atoms with Crippen molar-refractivity contribution in [1.29, 1.82) is 5.26 Å². The third kappa shape index (κ3) is 15.5. The molecule has 486 valence electrons. The Hall–Kier alpha value is -8.01. The van der Waals surface area contributed by atoms with E-state index in [1.54, 1.807) is 24.1 Å². The second-order valence-corrected chi connectivity index (χ2v) is 24.9. The maximum absolute atomic E-state index is 17.0. The predicted molar refractivity (Wildman–Crippen MR) is 348 cm³/mol. The number of carbonyl (C=O) groups is 4. The summed E-state index contributed by atoms with van der Waals surface area (Å²) < 4.78 is 71.9. The minimum absolute atomic E-state index is 0.00556. The smallest absolute Gasteiger partial charge is 0.251 e. The Morgan fingerprint density at radius 1 is 0.826 bits per heavy atom. The van der Waals surface area contributed by atoms with E-state index < -0.39 is 58.1 Å². The molecule has 6 aromatic carbocycles. The lowest BCUT2D eigenvalue weighted by atomic mass is 9.62. The highest BCUT2D eigenvalue weighted by molar-refractivity contribution is 6.35. The fourth-order valence-electron chi connectivity index (χ4n) is 11.9. The number of nitrogens with one attached hydrogen (secondary N) is 4. The van der Waals surface area contributed by atoms with Gasteiger partial charge in [0.1, 0.15) is 39.9 Å². The van der Waals surface area contributed by atoms with Gasteiger partial charge in [0.2, 0.25) is 23.7 Å². The fourth-order valence-corrected chi connectivity index (χ4v) is 12.5. The number of aromatic nitrogens is 2. The first-order valence-electron chi connectivity index (χ1n) is 30.0. The monoisotopic (exact) mass is 1320 g/mol. The summed E-state index contributed by atoms with van der Waals surface area (Å²) in [7, 11) is 3.03. The first kappa shape index (κ1) is 68.4. The molecule has 9 rings (SSSR count). The van der Waals surface area contributed by atoms with E-state index in [1.165, 1.54) is 73.5 Å². The minimum Gasteiger partial charge on any atom is -0.508 e. The van der Waals surface area contributed by atoms with Crippen molar-refractivity contribution in [2.75, 3.05) is 115 Å². The average molecular weight is 1320 g/mol. The first-order chi connectivity index (χ1) is 44.0. The molecule has 2 aliphatic heterocycles. The normalized spacial score (nSPS) is 17.4. The quantitative estimate of drug-likeness (QED) is 0.0335. The molecule has 4 amide bonds. The zero-order valence-electron chi connectivity index (χ0n) is 51.7. The SMILES string of the molecule is COc1cc(C(=O)NCCOCCOCCOCCN(C)C(=O)CCNc2nc(N3CCN(C(C)=O)CC3)c3cc(Cl)c(-c4cc(O)cc5ccccc45)c(F)c3n2)ccc1NC(=O)[C@@H]1N[C@@H](CC(C)(C)C)[C@](C#N)(c2ccc(Cl)cc2F)[C@H]1c1cccc(Cl)c1F. The molecule has 2 aliphatic rings. The van der Waals surface area contributed by atoms with Crippen molar-refractivity contribution < 1.29 is 56.4 Å². The van der Waals surface area contributed by atoms with Crippen LogP contribution in [0.15, 0.2) is 97.1 Å². The number of piperazine rings is 1. The van der Waals surface area contributed by atoms with Crippen molar-refractivity contribution in [3.05, 3.63) is 146 Å². The van der Waals surface area contributed by atoms with E-state index in [0.717, 1.165) is 6.07 Å². The van der Waals surface area contributed by atoms with E-state index in [4.69, 9.17) is 58.7 Å². The van der Waals surface area contributed by atoms with Crippen LogP contribution in [0.2, 0.25) is 15.1 Å². The largest absolute Gasteiger partial charge is 0.508 e. The molecule has 4 atom stereocenters. The van der Waals surface area contributed by atoms with Gasteiger partial charge < -0.3 is 60.0 Å². The van der Waals surface area contributed by atoms with Gasteiger partial charge in [-0.05, 0) is 88.3 Å². The molecule has 0 unspecified atom stereocenters. The van der Waals surface area contributed by atoms with Crippen LogP contribution >= 0.6 is 34.8 Å². The van der Waals surface area contributed by atoms with Gasteiger partial charge in [-0.25, -0.2) is 18.2 Å². The molecule has 5 N–H and O–H groups in total. The van der Waals surface area contributed by atoms with Gasteiger partial charge in [-0.2, -0.15) is 10.2 Å². The van der Waals surface area contributed by atoms with E-state index in [-0.39, 0.29) is 143 Å². The Morgan fingerprint density at radius 2 is 1.54 bits per heavy atom. The summed E-state index contributed by atoms with van der Waals surface area (Å²) in [5.74, 6) is -4.43. The Morgan fingerprint density at radius 3 is 2.24 bits per heavy atom. The van der Waals surface area contributed by atoms with Gasteiger partial charge in [0.25, 0.3) is 5.91 Å². The molecule has 0 radical (unpaired) electrons. The number of ether oxygens (including phenoxy) is 4. The number of hydrogen-bond donors (Lipinski definition) is 5. The molecule has 7 aromatic rings. The fraction of sp³-hybridized carbons (Fsp3) is 0.388. The predicted octanol–water partition coefficient (Wildman–Crippen LogP) is 10.9. The number of anilines is 3. The first-order valence-corrected chi connectivity index (χ1v) is 31.1. The standard InChI is InChI=1S/C67H72Cl3F3N10O9/c1-39(84)82-21-23-83(24-22-82)62-47-36-50(70)56(46-35-43(85)32-40-10-7-8-11-44(40)46)59(73)60(47)79-65(80-62)76-19-18-55(86)81(5)25-27-91-29-31-92-30-28-90-26-20-75-63(87)41-14-17-52(53(33-41)89-6)77-64(88)61-57(45-12-9-13-49(69)58(45)72)67(38-74,54(78-61)37-66(2,3)4)48-16-15-42(68)34-51(48)71/h7-17,32-36,54,57,61,78,85H,18-31,37H2,1-6H3,(H,75,87)(H,77,88)(H,76,79,80)/t54-,57-,61+,67-/m0/s1. The van der Waals surface area contributed by atoms with Crippen LogP contribution in [-0.2, 0) is 34.0 Å². The number of rotatable bonds is 25. The van der Waals surface area contributed by atoms with Gasteiger partial charge in [-0.1, -0.05) is 98.0 Å². The summed E-state index contributed by atoms with van der Waals surface area (Å²) in [6.07, 6.45) is 0.338. The van der Waals surface area contributed by atoms with Crippen molar-refractivity contribution >= 4 is 97.6 Å². The second kappa shape index (κ2) is 30.2. The lowest BCUT2D eigenvalue weighted by Crippen LogP contribution is -2.48. The number of aromatic hydroxyl groups is 1. The third-order valence-electron chi connectivity index (χ3n) is 16.4. The van der Waals surface area contributed by atoms with E-state index in [9.17, 15) is 29.5 Å². The van der Waals surface area contributed by atoms with Gasteiger partial charge in [0.05, 0.1) is 74.6 Å². The molecule has 92 heavy (non-hydrogen) atoms. The van der Waals surface area contributed by atoms with Crippen molar-refractivity contribution in [3.8, 4) is 28.7 Å². The van der Waals surface area contributed by atoms with Crippen molar-refractivity contribution in [2.45, 2.75) is 64.0 Å². The van der Waals surface area contributed by atoms with Crippen LogP contribution in [0.5, 0.6) is 11.5 Å². The van der Waals surface area contributed by atoms with E-state index in [0.29, 0.717) is 60.3 Å². The van der Waals surface area contributed by atoms with Crippen LogP contribution in [0, 0.1) is 34.2 Å². The van der Waals surface area contributed by atoms with Gasteiger partial charge in [-0.15, -0.1) is 0 Å². The Bertz CT molecular complexity index is 3930. The van der Waals surface area contributed by atoms with Crippen LogP contribution in [0.1, 0.15) is 67.9 Å². The van der Waals surface area contributed by atoms with Gasteiger partial charge >= 0.3 is 0 Å². The molecular weight excluding hydrogens is 1250 g/mol. The maximum atomic E-state index is 17.0. The Kier molecular flexibility index (Phi) is 22.4. The zero-order chi connectivity index (χ0) is 66.0. The maximum Gasteiger partial charge on any atom is 0.251 e. The van der Waals surface area contributed by atoms with Gasteiger partial charge in [-0.3, -0.25) is 19.2 Å². The molecule has 25 heteroatoms. The number of methoxy groups -OCH3 is 1. The molecule has 2 saturated heterocycles. The van der Waals surface area contributed by atoms with E-state index >= 15 is 13.2 Å². The lowest BCUT2D eigenvalue weighted by Gasteiger charge is -2.37. The number of likely N-dealkylation sites (N-methyl/N-ethyl adjacent to an activating group) is 1. The average Bonchev–Trinajstić information content (AvgIpc) is 1.50. The number of benzene rings is 6. The molecule has 0 bridgehead atoms. The summed E-state index contributed by atoms with van der Waals surface area (Å²) in [6, 6.07) is 24.7. The van der Waals surface area contributed by atoms with Crippen molar-refractivity contribution in [3.63, 3.8) is 0 Å². The molecule has 2 fully saturated rings. The summed E-state index contributed by atoms with van der Waals surface area (Å²) >= 11 is 19.4. The van der Waals surface area contributed by atoms with Crippen LogP contribution in [0.4, 0.5) is 30.6 Å². The summed E-state index contributed by atoms with van der Waals surface area (Å²) in [5.41, 5.74) is -1.57. The number of nitrogens with zero attached hydrogens (tertiary/aromatic N) is 6. The number of nitriles is 1. The van der Waals surface area contributed by atoms with Crippen molar-refractivity contribution in [2.24, 2.45) is 5.41 Å². The number of phenols is 1. The molecule has 19 nitrogen and oxygen atoms in total. The lowest BCUT2D eigenvalue weighted by molar-refractivity contribution is -0.130. The number of phenolic OH excluding ortho intramolecular Hbond substituents is 1. The molecule has 1 aromatic heterocycles. The third-order valence-corrected chi connectivity index (χ3v) is 17.2. The number of amides is 4. The highest BCUT2D eigenvalue weighted by atomic mass is 35.5. The number of halogens is 6.